The summed E-state index contributed by atoms with van der Waals surface area (Å²) in [6.45, 7) is 1.48. The summed E-state index contributed by atoms with van der Waals surface area (Å²) in [7, 11) is -2.09. The van der Waals surface area contributed by atoms with E-state index in [0.717, 1.165) is 0 Å². The van der Waals surface area contributed by atoms with Gasteiger partial charge in [0.1, 0.15) is 17.8 Å². The van der Waals surface area contributed by atoms with Gasteiger partial charge in [0.15, 0.2) is 0 Å². The van der Waals surface area contributed by atoms with E-state index in [1.54, 1.807) is 6.07 Å². The van der Waals surface area contributed by atoms with Gasteiger partial charge in [-0.25, -0.2) is 8.42 Å². The van der Waals surface area contributed by atoms with Gasteiger partial charge in [-0.05, 0) is 28.6 Å². The molecule has 0 aliphatic carbocycles. The second kappa shape index (κ2) is 5.99. The van der Waals surface area contributed by atoms with Crippen LogP contribution in [0, 0.1) is 0 Å². The van der Waals surface area contributed by atoms with Gasteiger partial charge in [-0.3, -0.25) is 0 Å². The molecule has 0 radical (unpaired) electrons. The van der Waals surface area contributed by atoms with Crippen molar-refractivity contribution in [3.8, 4) is 11.4 Å². The van der Waals surface area contributed by atoms with Crippen LogP contribution in [-0.4, -0.2) is 66.3 Å². The van der Waals surface area contributed by atoms with Gasteiger partial charge in [-0.2, -0.15) is 8.99 Å². The fraction of sp³-hybridized carbons (Fsp3) is 0.417. The third-order valence-corrected chi connectivity index (χ3v) is 5.25. The number of aromatic nitrogens is 4. The molecule has 1 aromatic carbocycles. The molecule has 0 unspecified atom stereocenters. The molecule has 0 N–H and O–H groups in total. The van der Waals surface area contributed by atoms with Crippen molar-refractivity contribution in [2.45, 2.75) is 4.90 Å². The lowest BCUT2D eigenvalue weighted by Crippen LogP contribution is -2.40. The third kappa shape index (κ3) is 2.67. The van der Waals surface area contributed by atoms with E-state index < -0.39 is 10.0 Å². The fourth-order valence-electron chi connectivity index (χ4n) is 2.22. The van der Waals surface area contributed by atoms with Crippen molar-refractivity contribution in [1.29, 1.82) is 0 Å². The van der Waals surface area contributed by atoms with Crippen molar-refractivity contribution in [2.75, 3.05) is 33.4 Å². The topological polar surface area (TPSA) is 99.4 Å². The van der Waals surface area contributed by atoms with E-state index in [1.165, 1.54) is 34.6 Å². The molecule has 1 saturated heterocycles. The van der Waals surface area contributed by atoms with Crippen molar-refractivity contribution in [3.05, 3.63) is 24.5 Å². The Labute approximate surface area is 127 Å². The molecular formula is C12H15N5O4S. The average molecular weight is 325 g/mol. The molecule has 0 amide bonds. The Bertz CT molecular complexity index is 741. The maximum atomic E-state index is 12.7. The Morgan fingerprint density at radius 2 is 2.05 bits per heavy atom. The zero-order valence-corrected chi connectivity index (χ0v) is 12.7. The molecule has 1 aromatic heterocycles. The van der Waals surface area contributed by atoms with Crippen molar-refractivity contribution < 1.29 is 17.9 Å². The second-order valence-electron chi connectivity index (χ2n) is 4.60. The van der Waals surface area contributed by atoms with Gasteiger partial charge in [0.25, 0.3) is 0 Å². The first-order chi connectivity index (χ1) is 10.6. The summed E-state index contributed by atoms with van der Waals surface area (Å²) in [4.78, 5) is 0.167. The molecule has 2 heterocycles. The highest BCUT2D eigenvalue weighted by atomic mass is 32.2. The van der Waals surface area contributed by atoms with E-state index >= 15 is 0 Å². The Morgan fingerprint density at radius 1 is 1.27 bits per heavy atom. The zero-order valence-electron chi connectivity index (χ0n) is 11.9. The lowest BCUT2D eigenvalue weighted by molar-refractivity contribution is 0.0730. The van der Waals surface area contributed by atoms with Crippen molar-refractivity contribution in [2.24, 2.45) is 0 Å². The fourth-order valence-corrected chi connectivity index (χ4v) is 3.65. The average Bonchev–Trinajstić information content (AvgIpc) is 3.09. The van der Waals surface area contributed by atoms with E-state index in [0.29, 0.717) is 37.7 Å². The van der Waals surface area contributed by atoms with Gasteiger partial charge in [0.05, 0.1) is 25.2 Å². The van der Waals surface area contributed by atoms with Crippen LogP contribution < -0.4 is 4.74 Å². The molecular weight excluding hydrogens is 310 g/mol. The number of sulfonamides is 1. The predicted molar refractivity (Wildman–Crippen MR) is 75.3 cm³/mol. The SMILES string of the molecule is COc1ccc(S(=O)(=O)N2CCOCC2)cc1-n1cnnn1. The number of tetrazole rings is 1. The standard InChI is InChI=1S/C12H15N5O4S/c1-20-12-3-2-10(8-11(12)17-9-13-14-15-17)22(18,19)16-4-6-21-7-5-16/h2-3,8-9H,4-7H2,1H3. The number of methoxy groups -OCH3 is 1. The summed E-state index contributed by atoms with van der Waals surface area (Å²) in [6.07, 6.45) is 1.38. The number of hydrogen-bond donors (Lipinski definition) is 0. The van der Waals surface area contributed by atoms with Crippen LogP contribution in [0.1, 0.15) is 0 Å². The van der Waals surface area contributed by atoms with E-state index in [9.17, 15) is 8.42 Å². The second-order valence-corrected chi connectivity index (χ2v) is 6.54. The van der Waals surface area contributed by atoms with E-state index in [4.69, 9.17) is 9.47 Å². The molecule has 0 saturated carbocycles. The van der Waals surface area contributed by atoms with E-state index in [2.05, 4.69) is 15.5 Å². The highest BCUT2D eigenvalue weighted by molar-refractivity contribution is 7.89. The number of ether oxygens (including phenoxy) is 2. The normalized spacial score (nSPS) is 16.6. The monoisotopic (exact) mass is 325 g/mol. The quantitative estimate of drug-likeness (QED) is 0.760. The summed E-state index contributed by atoms with van der Waals surface area (Å²) in [5, 5.41) is 10.9. The van der Waals surface area contributed by atoms with Gasteiger partial charge in [0.2, 0.25) is 10.0 Å². The molecule has 10 heteroatoms. The molecule has 22 heavy (non-hydrogen) atoms. The molecule has 9 nitrogen and oxygen atoms in total. The highest BCUT2D eigenvalue weighted by Crippen LogP contribution is 2.27. The Hall–Kier alpha value is -2.04. The van der Waals surface area contributed by atoms with Crippen LogP contribution in [0.15, 0.2) is 29.4 Å². The molecule has 0 spiro atoms. The minimum Gasteiger partial charge on any atom is -0.494 e. The number of benzene rings is 1. The Balaban J connectivity index is 2.03. The minimum absolute atomic E-state index is 0.167. The first-order valence-electron chi connectivity index (χ1n) is 6.62. The van der Waals surface area contributed by atoms with Crippen LogP contribution in [0.3, 0.4) is 0 Å². The minimum atomic E-state index is -3.58. The summed E-state index contributed by atoms with van der Waals surface area (Å²) >= 11 is 0. The summed E-state index contributed by atoms with van der Waals surface area (Å²) < 4.78 is 38.5. The summed E-state index contributed by atoms with van der Waals surface area (Å²) in [5.74, 6) is 0.480. The van der Waals surface area contributed by atoms with Crippen LogP contribution in [0.5, 0.6) is 5.75 Å². The van der Waals surface area contributed by atoms with E-state index in [1.807, 2.05) is 0 Å². The van der Waals surface area contributed by atoms with Gasteiger partial charge in [-0.15, -0.1) is 5.10 Å². The molecule has 1 aliphatic rings. The lowest BCUT2D eigenvalue weighted by Gasteiger charge is -2.26. The van der Waals surface area contributed by atoms with Gasteiger partial charge < -0.3 is 9.47 Å². The van der Waals surface area contributed by atoms with Crippen LogP contribution in [0.2, 0.25) is 0 Å². The van der Waals surface area contributed by atoms with Crippen LogP contribution in [-0.2, 0) is 14.8 Å². The number of nitrogens with zero attached hydrogens (tertiary/aromatic N) is 5. The highest BCUT2D eigenvalue weighted by Gasteiger charge is 2.27. The zero-order chi connectivity index (χ0) is 15.6. The van der Waals surface area contributed by atoms with Gasteiger partial charge >= 0.3 is 0 Å². The maximum absolute atomic E-state index is 12.7. The smallest absolute Gasteiger partial charge is 0.243 e. The summed E-state index contributed by atoms with van der Waals surface area (Å²) in [5.41, 5.74) is 0.460. The molecule has 3 rings (SSSR count). The van der Waals surface area contributed by atoms with E-state index in [-0.39, 0.29) is 4.90 Å². The molecule has 1 aliphatic heterocycles. The molecule has 118 valence electrons. The number of morpholine rings is 1. The van der Waals surface area contributed by atoms with Crippen molar-refractivity contribution >= 4 is 10.0 Å². The Kier molecular flexibility index (Phi) is 4.05. The van der Waals surface area contributed by atoms with Crippen LogP contribution in [0.4, 0.5) is 0 Å². The molecule has 2 aromatic rings. The number of hydrogen-bond acceptors (Lipinski definition) is 7. The van der Waals surface area contributed by atoms with Gasteiger partial charge in [-0.1, -0.05) is 0 Å². The molecule has 1 fully saturated rings. The summed E-state index contributed by atoms with van der Waals surface area (Å²) in [6, 6.07) is 4.60. The van der Waals surface area contributed by atoms with Crippen LogP contribution >= 0.6 is 0 Å². The van der Waals surface area contributed by atoms with Crippen molar-refractivity contribution in [3.63, 3.8) is 0 Å². The largest absolute Gasteiger partial charge is 0.494 e. The predicted octanol–water partition coefficient (Wildman–Crippen LogP) is -0.308. The van der Waals surface area contributed by atoms with Crippen molar-refractivity contribution in [1.82, 2.24) is 24.5 Å². The third-order valence-electron chi connectivity index (χ3n) is 3.35. The van der Waals surface area contributed by atoms with Gasteiger partial charge in [0, 0.05) is 13.1 Å². The Morgan fingerprint density at radius 3 is 2.68 bits per heavy atom. The molecule has 0 atom stereocenters. The van der Waals surface area contributed by atoms with Crippen LogP contribution in [0.25, 0.3) is 5.69 Å². The first kappa shape index (κ1) is 14.9. The maximum Gasteiger partial charge on any atom is 0.243 e. The first-order valence-corrected chi connectivity index (χ1v) is 8.06. The number of rotatable bonds is 4. The lowest BCUT2D eigenvalue weighted by atomic mass is 10.3. The molecule has 0 bridgehead atoms.